The van der Waals surface area contributed by atoms with E-state index < -0.39 is 69.5 Å². The number of benzene rings is 1. The number of rotatable bonds is 12. The summed E-state index contributed by atoms with van der Waals surface area (Å²) < 4.78 is 103. The molecule has 3 aliphatic rings. The van der Waals surface area contributed by atoms with Crippen molar-refractivity contribution in [3.05, 3.63) is 149 Å². The molecule has 0 bridgehead atoms. The van der Waals surface area contributed by atoms with Crippen molar-refractivity contribution in [2.45, 2.75) is 118 Å². The van der Waals surface area contributed by atoms with Gasteiger partial charge in [0.15, 0.2) is 74.9 Å². The third-order valence-electron chi connectivity index (χ3n) is 17.4. The Bertz CT molecular complexity index is 5200. The van der Waals surface area contributed by atoms with Crippen molar-refractivity contribution in [1.82, 2.24) is 73.9 Å². The van der Waals surface area contributed by atoms with E-state index in [9.17, 15) is 55.1 Å². The van der Waals surface area contributed by atoms with Crippen LogP contribution in [-0.4, -0.2) is 166 Å². The van der Waals surface area contributed by atoms with Crippen LogP contribution in [0.3, 0.4) is 0 Å². The summed E-state index contributed by atoms with van der Waals surface area (Å²) in [6.07, 6.45) is 16.5. The van der Waals surface area contributed by atoms with Crippen LogP contribution in [0.2, 0.25) is 5.02 Å². The van der Waals surface area contributed by atoms with E-state index in [4.69, 9.17) is 53.6 Å². The van der Waals surface area contributed by atoms with Crippen molar-refractivity contribution in [1.29, 1.82) is 0 Å². The number of aromatic nitrogens is 15. The Morgan fingerprint density at radius 2 is 0.814 bits per heavy atom. The van der Waals surface area contributed by atoms with Crippen molar-refractivity contribution in [2.75, 3.05) is 87.5 Å². The first-order valence-corrected chi connectivity index (χ1v) is 35.6. The van der Waals surface area contributed by atoms with Gasteiger partial charge in [-0.05, 0) is 124 Å². The van der Waals surface area contributed by atoms with E-state index in [1.807, 2.05) is 67.2 Å². The van der Waals surface area contributed by atoms with Gasteiger partial charge < -0.3 is 67.3 Å². The zero-order valence-corrected chi connectivity index (χ0v) is 63.2. The Morgan fingerprint density at radius 1 is 0.469 bits per heavy atom. The molecule has 3 fully saturated rings. The molecule has 1 aromatic carbocycles. The van der Waals surface area contributed by atoms with Gasteiger partial charge in [-0.15, -0.1) is 20.4 Å². The third kappa shape index (κ3) is 19.5. The highest BCUT2D eigenvalue weighted by Gasteiger charge is 2.36. The normalized spacial score (nSPS) is 14.5. The summed E-state index contributed by atoms with van der Waals surface area (Å²) in [5.74, 6) is -7.73. The molecule has 0 aliphatic carbocycles. The van der Waals surface area contributed by atoms with Crippen molar-refractivity contribution in [3.8, 4) is 0 Å². The molecule has 2 amide bonds. The molecular weight excluding hydrogens is 1510 g/mol. The smallest absolute Gasteiger partial charge is 0.373 e. The maximum absolute atomic E-state index is 14.8. The Balaban J connectivity index is 0.000000152. The van der Waals surface area contributed by atoms with Gasteiger partial charge in [0, 0.05) is 44.3 Å². The zero-order chi connectivity index (χ0) is 81.7. The number of nitrogens with two attached hydrogens (primary N) is 4. The number of halogens is 7. The number of amides is 2. The lowest BCUT2D eigenvalue weighted by Crippen LogP contribution is -2.39. The number of anilines is 9. The average Bonchev–Trinajstić information content (AvgIpc) is 1.76. The molecule has 10 N–H and O–H groups in total. The molecule has 0 atom stereocenters. The topological polar surface area (TPSA) is 437 Å². The van der Waals surface area contributed by atoms with E-state index in [0.29, 0.717) is 105 Å². The molecule has 3 saturated heterocycles. The Kier molecular flexibility index (Phi) is 24.0. The van der Waals surface area contributed by atoms with Crippen molar-refractivity contribution < 1.29 is 74.2 Å². The van der Waals surface area contributed by atoms with Gasteiger partial charge in [-0.2, -0.15) is 0 Å². The summed E-state index contributed by atoms with van der Waals surface area (Å²) in [6, 6.07) is 4.80. The minimum atomic E-state index is -0.867. The maximum Gasteiger partial charge on any atom is 0.373 e. The van der Waals surface area contributed by atoms with E-state index in [-0.39, 0.29) is 109 Å². The molecule has 34 nitrogen and oxygen atoms in total. The molecule has 0 spiro atoms. The van der Waals surface area contributed by atoms with E-state index in [1.54, 1.807) is 21.9 Å². The second kappa shape index (κ2) is 33.4. The van der Waals surface area contributed by atoms with Crippen LogP contribution in [0.5, 0.6) is 0 Å². The summed E-state index contributed by atoms with van der Waals surface area (Å²) in [6.45, 7) is 19.1. The fraction of sp³-hybridized carbons (Fsp3) is 0.375. The van der Waals surface area contributed by atoms with Crippen LogP contribution in [0.4, 0.5) is 77.9 Å². The number of fused-ring (bicyclic) bond motifs is 4. The Hall–Kier alpha value is -12.8. The zero-order valence-electron chi connectivity index (χ0n) is 62.5. The minimum Gasteiger partial charge on any atom is -0.460 e. The van der Waals surface area contributed by atoms with Crippen LogP contribution in [0, 0.1) is 52.7 Å². The van der Waals surface area contributed by atoms with E-state index in [1.165, 1.54) is 24.7 Å². The van der Waals surface area contributed by atoms with E-state index in [0.717, 1.165) is 74.2 Å². The van der Waals surface area contributed by atoms with Crippen LogP contribution in [-0.2, 0) is 28.6 Å². The molecule has 11 aromatic rings. The number of piperidine rings is 3. The molecule has 3 aliphatic heterocycles. The molecule has 0 saturated carbocycles. The predicted molar refractivity (Wildman–Crippen MR) is 401 cm³/mol. The fourth-order valence-electron chi connectivity index (χ4n) is 12.5. The van der Waals surface area contributed by atoms with Crippen LogP contribution in [0.15, 0.2) is 92.6 Å². The first kappa shape index (κ1) is 81.2. The first-order chi connectivity index (χ1) is 53.4. The molecule has 14 rings (SSSR count). The second-order valence-corrected chi connectivity index (χ2v) is 29.7. The predicted octanol–water partition coefficient (Wildman–Crippen LogP) is 9.07. The molecular formula is C72H79ClF6N24O10. The van der Waals surface area contributed by atoms with Gasteiger partial charge in [-0.1, -0.05) is 16.4 Å². The Labute approximate surface area is 644 Å². The van der Waals surface area contributed by atoms with Gasteiger partial charge in [0.25, 0.3) is 11.8 Å². The number of pyridine rings is 3. The highest BCUT2D eigenvalue weighted by atomic mass is 35.5. The number of nitrogens with one attached hydrogen (secondary N) is 2. The number of ether oxygens (including phenoxy) is 3. The summed E-state index contributed by atoms with van der Waals surface area (Å²) >= 11 is 5.91. The summed E-state index contributed by atoms with van der Waals surface area (Å²) in [5, 5.41) is 24.9. The fourth-order valence-corrected chi connectivity index (χ4v) is 12.6. The highest BCUT2D eigenvalue weighted by molar-refractivity contribution is 6.31. The minimum absolute atomic E-state index is 0.0560. The largest absolute Gasteiger partial charge is 0.460 e. The van der Waals surface area contributed by atoms with Crippen LogP contribution in [0.1, 0.15) is 132 Å². The SMILES string of the molecule is CC(C)(C)OC(=O)C1CCN(c2c(F)cncc2NC(=O)c2c(N)nn3cc(F)cnc23)CC1.CC(C)(C)OC(=O)C1CCN(c2c(F)cncc2NC(=O)c2c(N)nn3cc(F)cnc23)CC1.CC(C)(C)OC(=O)C1CCN(c2c(N)cncc2F)CC1.Nc1nn2cc(F)cnc2c1C(=O)On1nnc2ccc(Cl)cc21. The Morgan fingerprint density at radius 3 is 1.19 bits per heavy atom. The van der Waals surface area contributed by atoms with Gasteiger partial charge in [0.05, 0.1) is 115 Å². The van der Waals surface area contributed by atoms with Crippen molar-refractivity contribution in [3.63, 3.8) is 0 Å². The summed E-state index contributed by atoms with van der Waals surface area (Å²) in [5.41, 5.74) is 23.6. The lowest BCUT2D eigenvalue weighted by molar-refractivity contribution is -0.161. The number of carbonyl (C=O) groups is 6. The molecule has 596 valence electrons. The lowest BCUT2D eigenvalue weighted by atomic mass is 9.96. The van der Waals surface area contributed by atoms with Gasteiger partial charge in [-0.3, -0.25) is 38.9 Å². The molecule has 0 unspecified atom stereocenters. The maximum atomic E-state index is 14.8. The first-order valence-electron chi connectivity index (χ1n) is 35.2. The number of nitrogen functional groups attached to an aromatic ring is 4. The highest BCUT2D eigenvalue weighted by Crippen LogP contribution is 2.37. The van der Waals surface area contributed by atoms with Crippen molar-refractivity contribution >= 4 is 127 Å². The average molecular weight is 1590 g/mol. The number of esters is 3. The third-order valence-corrected chi connectivity index (χ3v) is 17.6. The van der Waals surface area contributed by atoms with Gasteiger partial charge in [0.1, 0.15) is 50.3 Å². The summed E-state index contributed by atoms with van der Waals surface area (Å²) in [4.78, 5) is 110. The molecule has 13 heterocycles. The molecule has 41 heteroatoms. The second-order valence-electron chi connectivity index (χ2n) is 29.3. The van der Waals surface area contributed by atoms with E-state index >= 15 is 0 Å². The molecule has 10 aromatic heterocycles. The van der Waals surface area contributed by atoms with Gasteiger partial charge >= 0.3 is 23.9 Å². The van der Waals surface area contributed by atoms with Crippen LogP contribution < -0.4 is 53.1 Å². The van der Waals surface area contributed by atoms with Crippen LogP contribution in [0.25, 0.3) is 28.0 Å². The van der Waals surface area contributed by atoms with Crippen molar-refractivity contribution in [2.24, 2.45) is 17.8 Å². The quantitative estimate of drug-likeness (QED) is 0.0287. The van der Waals surface area contributed by atoms with E-state index in [2.05, 4.69) is 66.1 Å². The standard InChI is InChI=1S/2C22H25F2N7O3.C15H22FN3O2.C13H7ClFN7O2/c2*1-22(2,3)34-21(33)12-4-6-30(7-5-12)17-14(24)9-26-10-15(17)28-20(32)16-18(25)29-31-11-13(23)8-27-19(16)31;1-15(2,3)21-14(20)10-4-6-19(7-5-10)13-11(16)8-18-9-12(13)17;14-6-1-2-8-9(3-6)22(20-18-8)24-13(23)10-11(16)19-21-5-7(15)4-17-12(10)21/h2*8-12H,4-7H2,1-3H3,(H2,25,29)(H,28,32);8-10H,4-7,17H2,1-3H3;1-5H,(H2,16,19). The molecule has 113 heavy (non-hydrogen) atoms. The van der Waals surface area contributed by atoms with Gasteiger partial charge in [-0.25, -0.2) is 59.6 Å². The number of nitrogens with zero attached hydrogens (tertiary/aromatic N) is 18. The number of carbonyl (C=O) groups excluding carboxylic acids is 6. The summed E-state index contributed by atoms with van der Waals surface area (Å²) in [7, 11) is 0. The number of hydrogen-bond acceptors (Lipinski definition) is 28. The lowest BCUT2D eigenvalue weighted by Gasteiger charge is -2.34. The number of hydrogen-bond donors (Lipinski definition) is 6. The van der Waals surface area contributed by atoms with Gasteiger partial charge in [0.2, 0.25) is 0 Å². The van der Waals surface area contributed by atoms with Crippen LogP contribution >= 0.6 is 11.6 Å². The molecule has 0 radical (unpaired) electrons. The monoisotopic (exact) mass is 1590 g/mol.